The van der Waals surface area contributed by atoms with Gasteiger partial charge >= 0.3 is 0 Å². The number of carbonyl (C=O) groups is 2. The normalized spacial score (nSPS) is 11.4. The van der Waals surface area contributed by atoms with Gasteiger partial charge in [-0.3, -0.25) is 9.59 Å². The van der Waals surface area contributed by atoms with Crippen LogP contribution in [0.3, 0.4) is 0 Å². The maximum absolute atomic E-state index is 13.0. The molecule has 4 rings (SSSR count). The largest absolute Gasteiger partial charge is 0.493 e. The van der Waals surface area contributed by atoms with Crippen molar-refractivity contribution in [2.24, 2.45) is 0 Å². The van der Waals surface area contributed by atoms with Crippen LogP contribution in [0.4, 0.5) is 5.69 Å². The number of ketones is 1. The summed E-state index contributed by atoms with van der Waals surface area (Å²) in [4.78, 5) is 25.7. The van der Waals surface area contributed by atoms with Gasteiger partial charge in [-0.15, -0.1) is 0 Å². The average molecular weight is 428 g/mol. The zero-order valence-electron chi connectivity index (χ0n) is 18.6. The molecular weight excluding hydrogens is 402 g/mol. The van der Waals surface area contributed by atoms with Crippen LogP contribution in [-0.4, -0.2) is 18.8 Å². The van der Waals surface area contributed by atoms with Crippen molar-refractivity contribution in [3.8, 4) is 5.75 Å². The van der Waals surface area contributed by atoms with Gasteiger partial charge < -0.3 is 14.5 Å². The molecule has 4 aromatic rings. The van der Waals surface area contributed by atoms with Crippen molar-refractivity contribution in [2.45, 2.75) is 26.2 Å². The predicted molar refractivity (Wildman–Crippen MR) is 126 cm³/mol. The van der Waals surface area contributed by atoms with Crippen molar-refractivity contribution in [1.29, 1.82) is 0 Å². The van der Waals surface area contributed by atoms with Gasteiger partial charge in [-0.1, -0.05) is 69.3 Å². The number of nitrogens with one attached hydrogen (secondary N) is 1. The standard InChI is InChI=1S/C27H25NO4/c1-27(2,3)20-13-11-17(12-14-20)24(29)18-7-5-9-21(15-18)28-26(30)23-16-19-8-6-10-22(31-4)25(19)32-23/h5-16H,1-4H3,(H,28,30). The van der Waals surface area contributed by atoms with Crippen LogP contribution < -0.4 is 10.1 Å². The molecule has 0 saturated carbocycles. The summed E-state index contributed by atoms with van der Waals surface area (Å²) in [6, 6.07) is 21.7. The topological polar surface area (TPSA) is 68.5 Å². The molecule has 0 aliphatic carbocycles. The second kappa shape index (κ2) is 8.35. The maximum Gasteiger partial charge on any atom is 0.291 e. The fourth-order valence-electron chi connectivity index (χ4n) is 3.53. The molecule has 1 aromatic heterocycles. The molecule has 0 fully saturated rings. The lowest BCUT2D eigenvalue weighted by atomic mass is 9.86. The number of benzene rings is 3. The lowest BCUT2D eigenvalue weighted by molar-refractivity contribution is 0.0996. The number of para-hydroxylation sites is 1. The average Bonchev–Trinajstić information content (AvgIpc) is 3.23. The van der Waals surface area contributed by atoms with Crippen molar-refractivity contribution < 1.29 is 18.7 Å². The van der Waals surface area contributed by atoms with Gasteiger partial charge in [-0.2, -0.15) is 0 Å². The smallest absolute Gasteiger partial charge is 0.291 e. The first-order valence-electron chi connectivity index (χ1n) is 10.4. The number of methoxy groups -OCH3 is 1. The number of amides is 1. The first kappa shape index (κ1) is 21.4. The van der Waals surface area contributed by atoms with Crippen molar-refractivity contribution in [3.05, 3.63) is 95.2 Å². The lowest BCUT2D eigenvalue weighted by Gasteiger charge is -2.19. The third kappa shape index (κ3) is 4.28. The summed E-state index contributed by atoms with van der Waals surface area (Å²) in [5, 5.41) is 3.58. The van der Waals surface area contributed by atoms with E-state index in [-0.39, 0.29) is 17.0 Å². The van der Waals surface area contributed by atoms with Gasteiger partial charge in [0.25, 0.3) is 5.91 Å². The monoisotopic (exact) mass is 427 g/mol. The van der Waals surface area contributed by atoms with Crippen LogP contribution in [0.25, 0.3) is 11.0 Å². The van der Waals surface area contributed by atoms with Gasteiger partial charge in [-0.05, 0) is 35.2 Å². The second-order valence-electron chi connectivity index (χ2n) is 8.68. The first-order valence-corrected chi connectivity index (χ1v) is 10.4. The third-order valence-electron chi connectivity index (χ3n) is 5.35. The van der Waals surface area contributed by atoms with Crippen molar-refractivity contribution in [2.75, 3.05) is 12.4 Å². The van der Waals surface area contributed by atoms with E-state index in [0.717, 1.165) is 10.9 Å². The molecule has 162 valence electrons. The Morgan fingerprint density at radius 2 is 1.59 bits per heavy atom. The summed E-state index contributed by atoms with van der Waals surface area (Å²) in [6.07, 6.45) is 0. The minimum Gasteiger partial charge on any atom is -0.493 e. The minimum absolute atomic E-state index is 0.0203. The number of rotatable bonds is 5. The first-order chi connectivity index (χ1) is 15.3. The third-order valence-corrected chi connectivity index (χ3v) is 5.35. The fraction of sp³-hybridized carbons (Fsp3) is 0.185. The Labute approximate surface area is 187 Å². The Morgan fingerprint density at radius 1 is 0.875 bits per heavy atom. The molecule has 3 aromatic carbocycles. The number of ether oxygens (including phenoxy) is 1. The van der Waals surface area contributed by atoms with Crippen LogP contribution >= 0.6 is 0 Å². The molecule has 0 radical (unpaired) electrons. The molecule has 0 spiro atoms. The molecule has 0 aliphatic rings. The zero-order valence-corrected chi connectivity index (χ0v) is 18.6. The summed E-state index contributed by atoms with van der Waals surface area (Å²) in [5.41, 5.74) is 3.32. The van der Waals surface area contributed by atoms with Crippen molar-refractivity contribution in [1.82, 2.24) is 0 Å². The van der Waals surface area contributed by atoms with Crippen LogP contribution in [0.2, 0.25) is 0 Å². The van der Waals surface area contributed by atoms with E-state index in [1.165, 1.54) is 0 Å². The van der Waals surface area contributed by atoms with Crippen LogP contribution in [0.5, 0.6) is 5.75 Å². The van der Waals surface area contributed by atoms with Crippen molar-refractivity contribution in [3.63, 3.8) is 0 Å². The summed E-state index contributed by atoms with van der Waals surface area (Å²) in [6.45, 7) is 6.40. The van der Waals surface area contributed by atoms with Gasteiger partial charge in [0.15, 0.2) is 22.9 Å². The minimum atomic E-state index is -0.401. The Morgan fingerprint density at radius 3 is 2.28 bits per heavy atom. The highest BCUT2D eigenvalue weighted by Crippen LogP contribution is 2.29. The summed E-state index contributed by atoms with van der Waals surface area (Å²) in [5.74, 6) is 0.225. The highest BCUT2D eigenvalue weighted by Gasteiger charge is 2.17. The van der Waals surface area contributed by atoms with Crippen LogP contribution in [0.1, 0.15) is 52.8 Å². The van der Waals surface area contributed by atoms with E-state index >= 15 is 0 Å². The van der Waals surface area contributed by atoms with E-state index in [0.29, 0.717) is 28.1 Å². The molecule has 0 unspecified atom stereocenters. The second-order valence-corrected chi connectivity index (χ2v) is 8.68. The predicted octanol–water partition coefficient (Wildman–Crippen LogP) is 6.22. The quantitative estimate of drug-likeness (QED) is 0.384. The Hall–Kier alpha value is -3.86. The van der Waals surface area contributed by atoms with E-state index in [9.17, 15) is 9.59 Å². The van der Waals surface area contributed by atoms with E-state index in [1.54, 1.807) is 43.5 Å². The number of furan rings is 1. The highest BCUT2D eigenvalue weighted by atomic mass is 16.5. The summed E-state index contributed by atoms with van der Waals surface area (Å²) in [7, 11) is 1.55. The molecule has 32 heavy (non-hydrogen) atoms. The maximum atomic E-state index is 13.0. The number of hydrogen-bond donors (Lipinski definition) is 1. The Balaban J connectivity index is 1.54. The van der Waals surface area contributed by atoms with E-state index in [2.05, 4.69) is 26.1 Å². The SMILES string of the molecule is COc1cccc2cc(C(=O)Nc3cccc(C(=O)c4ccc(C(C)(C)C)cc4)c3)oc12. The summed E-state index contributed by atoms with van der Waals surface area (Å²) < 4.78 is 11.0. The van der Waals surface area contributed by atoms with Crippen LogP contribution in [0.15, 0.2) is 77.2 Å². The number of anilines is 1. The van der Waals surface area contributed by atoms with E-state index < -0.39 is 5.91 Å². The van der Waals surface area contributed by atoms with Gasteiger partial charge in [0.2, 0.25) is 0 Å². The molecule has 1 N–H and O–H groups in total. The van der Waals surface area contributed by atoms with Gasteiger partial charge in [0.1, 0.15) is 0 Å². The lowest BCUT2D eigenvalue weighted by Crippen LogP contribution is -2.12. The van der Waals surface area contributed by atoms with E-state index in [1.807, 2.05) is 36.4 Å². The molecule has 1 heterocycles. The Kier molecular flexibility index (Phi) is 5.57. The number of fused-ring (bicyclic) bond motifs is 1. The highest BCUT2D eigenvalue weighted by molar-refractivity contribution is 6.10. The van der Waals surface area contributed by atoms with E-state index in [4.69, 9.17) is 9.15 Å². The molecule has 1 amide bonds. The summed E-state index contributed by atoms with van der Waals surface area (Å²) >= 11 is 0. The van der Waals surface area contributed by atoms with Crippen LogP contribution in [-0.2, 0) is 5.41 Å². The van der Waals surface area contributed by atoms with Crippen molar-refractivity contribution >= 4 is 28.3 Å². The molecule has 0 saturated heterocycles. The number of hydrogen-bond acceptors (Lipinski definition) is 4. The molecular formula is C27H25NO4. The van der Waals surface area contributed by atoms with Gasteiger partial charge in [0.05, 0.1) is 7.11 Å². The molecule has 5 heteroatoms. The van der Waals surface area contributed by atoms with Crippen LogP contribution in [0, 0.1) is 0 Å². The van der Waals surface area contributed by atoms with Gasteiger partial charge in [0, 0.05) is 22.2 Å². The number of carbonyl (C=O) groups excluding carboxylic acids is 2. The molecule has 5 nitrogen and oxygen atoms in total. The molecule has 0 atom stereocenters. The molecule has 0 bridgehead atoms. The fourth-order valence-corrected chi connectivity index (χ4v) is 3.53. The van der Waals surface area contributed by atoms with Gasteiger partial charge in [-0.25, -0.2) is 0 Å². The molecule has 0 aliphatic heterocycles. The zero-order chi connectivity index (χ0) is 22.9. The Bertz CT molecular complexity index is 1290.